The molecule has 3 nitrogen and oxygen atoms in total. The SMILES string of the molecule is CNC(c1cnn(-c2ccccc2)c1)C(C)C1CC1. The molecule has 1 fully saturated rings. The normalized spacial score (nSPS) is 18.2. The van der Waals surface area contributed by atoms with Crippen molar-refractivity contribution >= 4 is 0 Å². The molecule has 2 unspecified atom stereocenters. The minimum Gasteiger partial charge on any atom is -0.313 e. The summed E-state index contributed by atoms with van der Waals surface area (Å²) < 4.78 is 1.96. The van der Waals surface area contributed by atoms with Gasteiger partial charge in [0.15, 0.2) is 0 Å². The Bertz CT molecular complexity index is 528. The average Bonchev–Trinajstić information content (AvgIpc) is 3.20. The molecule has 1 N–H and O–H groups in total. The van der Waals surface area contributed by atoms with Crippen LogP contribution in [0.2, 0.25) is 0 Å². The highest BCUT2D eigenvalue weighted by atomic mass is 15.3. The maximum absolute atomic E-state index is 4.49. The number of benzene rings is 1. The number of para-hydroxylation sites is 1. The first kappa shape index (κ1) is 12.4. The van der Waals surface area contributed by atoms with Gasteiger partial charge in [-0.05, 0) is 43.9 Å². The van der Waals surface area contributed by atoms with E-state index in [-0.39, 0.29) is 0 Å². The van der Waals surface area contributed by atoms with Crippen molar-refractivity contribution in [3.8, 4) is 5.69 Å². The number of hydrogen-bond acceptors (Lipinski definition) is 2. The topological polar surface area (TPSA) is 29.9 Å². The molecule has 1 aliphatic carbocycles. The van der Waals surface area contributed by atoms with Crippen molar-refractivity contribution in [3.05, 3.63) is 48.3 Å². The first-order valence-corrected chi connectivity index (χ1v) is 7.07. The van der Waals surface area contributed by atoms with E-state index >= 15 is 0 Å². The second kappa shape index (κ2) is 5.17. The Morgan fingerprint density at radius 3 is 2.63 bits per heavy atom. The van der Waals surface area contributed by atoms with Gasteiger partial charge in [-0.2, -0.15) is 5.10 Å². The Labute approximate surface area is 114 Å². The third-order valence-electron chi connectivity index (χ3n) is 4.18. The van der Waals surface area contributed by atoms with Crippen LogP contribution in [-0.4, -0.2) is 16.8 Å². The zero-order chi connectivity index (χ0) is 13.2. The highest BCUT2D eigenvalue weighted by Gasteiger charge is 2.33. The molecule has 1 saturated carbocycles. The minimum atomic E-state index is 0.407. The summed E-state index contributed by atoms with van der Waals surface area (Å²) in [6, 6.07) is 10.7. The first-order valence-electron chi connectivity index (χ1n) is 7.07. The van der Waals surface area contributed by atoms with Gasteiger partial charge in [0.2, 0.25) is 0 Å². The predicted molar refractivity (Wildman–Crippen MR) is 77.3 cm³/mol. The van der Waals surface area contributed by atoms with Crippen LogP contribution < -0.4 is 5.32 Å². The Balaban J connectivity index is 1.83. The average molecular weight is 255 g/mol. The molecule has 1 aromatic heterocycles. The van der Waals surface area contributed by atoms with Crippen molar-refractivity contribution in [2.24, 2.45) is 11.8 Å². The highest BCUT2D eigenvalue weighted by molar-refractivity contribution is 5.31. The lowest BCUT2D eigenvalue weighted by molar-refractivity contribution is 0.369. The molecule has 3 heteroatoms. The summed E-state index contributed by atoms with van der Waals surface area (Å²) in [4.78, 5) is 0. The Kier molecular flexibility index (Phi) is 3.38. The van der Waals surface area contributed by atoms with E-state index in [4.69, 9.17) is 0 Å². The monoisotopic (exact) mass is 255 g/mol. The van der Waals surface area contributed by atoms with Crippen molar-refractivity contribution in [1.82, 2.24) is 15.1 Å². The maximum atomic E-state index is 4.49. The van der Waals surface area contributed by atoms with E-state index in [9.17, 15) is 0 Å². The lowest BCUT2D eigenvalue weighted by Crippen LogP contribution is -2.24. The van der Waals surface area contributed by atoms with Gasteiger partial charge >= 0.3 is 0 Å². The second-order valence-corrected chi connectivity index (χ2v) is 5.52. The van der Waals surface area contributed by atoms with Crippen LogP contribution in [-0.2, 0) is 0 Å². The van der Waals surface area contributed by atoms with Crippen LogP contribution in [0.1, 0.15) is 31.4 Å². The van der Waals surface area contributed by atoms with Gasteiger partial charge in [0.05, 0.1) is 11.9 Å². The van der Waals surface area contributed by atoms with Gasteiger partial charge < -0.3 is 5.32 Å². The van der Waals surface area contributed by atoms with Crippen LogP contribution >= 0.6 is 0 Å². The Morgan fingerprint density at radius 2 is 2.00 bits per heavy atom. The van der Waals surface area contributed by atoms with Crippen LogP contribution in [0.5, 0.6) is 0 Å². The molecule has 19 heavy (non-hydrogen) atoms. The molecule has 0 amide bonds. The first-order chi connectivity index (χ1) is 9.29. The van der Waals surface area contributed by atoms with Crippen LogP contribution in [0.3, 0.4) is 0 Å². The molecule has 3 rings (SSSR count). The summed E-state index contributed by atoms with van der Waals surface area (Å²) in [5, 5.41) is 7.95. The fraction of sp³-hybridized carbons (Fsp3) is 0.438. The number of rotatable bonds is 5. The molecule has 0 radical (unpaired) electrons. The third kappa shape index (κ3) is 2.56. The number of aromatic nitrogens is 2. The van der Waals surface area contributed by atoms with E-state index in [2.05, 4.69) is 35.7 Å². The van der Waals surface area contributed by atoms with E-state index in [1.807, 2.05) is 36.1 Å². The number of nitrogens with one attached hydrogen (secondary N) is 1. The van der Waals surface area contributed by atoms with Gasteiger partial charge in [0.1, 0.15) is 0 Å². The minimum absolute atomic E-state index is 0.407. The van der Waals surface area contributed by atoms with Crippen molar-refractivity contribution in [2.75, 3.05) is 7.05 Å². The van der Waals surface area contributed by atoms with Gasteiger partial charge in [0.25, 0.3) is 0 Å². The van der Waals surface area contributed by atoms with Crippen LogP contribution in [0.15, 0.2) is 42.7 Å². The van der Waals surface area contributed by atoms with E-state index in [0.717, 1.165) is 11.6 Å². The van der Waals surface area contributed by atoms with Crippen LogP contribution in [0, 0.1) is 11.8 Å². The maximum Gasteiger partial charge on any atom is 0.0645 e. The van der Waals surface area contributed by atoms with E-state index in [1.54, 1.807) is 0 Å². The Morgan fingerprint density at radius 1 is 1.26 bits per heavy atom. The number of hydrogen-bond donors (Lipinski definition) is 1. The summed E-state index contributed by atoms with van der Waals surface area (Å²) in [7, 11) is 2.05. The molecule has 1 aliphatic rings. The zero-order valence-corrected chi connectivity index (χ0v) is 11.6. The molecule has 1 aromatic carbocycles. The van der Waals surface area contributed by atoms with Crippen molar-refractivity contribution in [2.45, 2.75) is 25.8 Å². The standard InChI is InChI=1S/C16H21N3/c1-12(13-8-9-13)16(17-2)14-10-18-19(11-14)15-6-4-3-5-7-15/h3-7,10-13,16-17H,8-9H2,1-2H3. The van der Waals surface area contributed by atoms with Gasteiger partial charge in [-0.25, -0.2) is 4.68 Å². The molecular formula is C16H21N3. The summed E-state index contributed by atoms with van der Waals surface area (Å²) in [6.07, 6.45) is 6.90. The zero-order valence-electron chi connectivity index (χ0n) is 11.6. The Hall–Kier alpha value is -1.61. The van der Waals surface area contributed by atoms with Crippen molar-refractivity contribution in [1.29, 1.82) is 0 Å². The quantitative estimate of drug-likeness (QED) is 0.889. The predicted octanol–water partition coefficient (Wildman–Crippen LogP) is 3.18. The van der Waals surface area contributed by atoms with E-state index in [1.165, 1.54) is 18.4 Å². The molecule has 2 atom stereocenters. The molecule has 100 valence electrons. The lowest BCUT2D eigenvalue weighted by Gasteiger charge is -2.22. The lowest BCUT2D eigenvalue weighted by atomic mass is 9.93. The molecule has 2 aromatic rings. The summed E-state index contributed by atoms with van der Waals surface area (Å²) in [5.74, 6) is 1.57. The molecular weight excluding hydrogens is 234 g/mol. The summed E-state index contributed by atoms with van der Waals surface area (Å²) in [5.41, 5.74) is 2.40. The fourth-order valence-electron chi connectivity index (χ4n) is 2.85. The molecule has 0 aliphatic heterocycles. The molecule has 1 heterocycles. The number of nitrogens with zero attached hydrogens (tertiary/aromatic N) is 2. The highest BCUT2D eigenvalue weighted by Crippen LogP contribution is 2.42. The molecule has 0 spiro atoms. The van der Waals surface area contributed by atoms with E-state index in [0.29, 0.717) is 12.0 Å². The van der Waals surface area contributed by atoms with Crippen LogP contribution in [0.25, 0.3) is 5.69 Å². The smallest absolute Gasteiger partial charge is 0.0645 e. The van der Waals surface area contributed by atoms with Gasteiger partial charge in [-0.3, -0.25) is 0 Å². The van der Waals surface area contributed by atoms with Crippen LogP contribution in [0.4, 0.5) is 0 Å². The third-order valence-corrected chi connectivity index (χ3v) is 4.18. The van der Waals surface area contributed by atoms with Gasteiger partial charge in [-0.1, -0.05) is 25.1 Å². The largest absolute Gasteiger partial charge is 0.313 e. The fourth-order valence-corrected chi connectivity index (χ4v) is 2.85. The molecule has 0 saturated heterocycles. The van der Waals surface area contributed by atoms with Gasteiger partial charge in [-0.15, -0.1) is 0 Å². The van der Waals surface area contributed by atoms with Crippen molar-refractivity contribution in [3.63, 3.8) is 0 Å². The van der Waals surface area contributed by atoms with Gasteiger partial charge in [0, 0.05) is 17.8 Å². The summed E-state index contributed by atoms with van der Waals surface area (Å²) >= 11 is 0. The molecule has 0 bridgehead atoms. The van der Waals surface area contributed by atoms with Crippen molar-refractivity contribution < 1.29 is 0 Å². The second-order valence-electron chi connectivity index (χ2n) is 5.52. The summed E-state index contributed by atoms with van der Waals surface area (Å²) in [6.45, 7) is 2.35. The van der Waals surface area contributed by atoms with E-state index < -0.39 is 0 Å².